The molecule has 0 spiro atoms. The van der Waals surface area contributed by atoms with Gasteiger partial charge in [-0.1, -0.05) is 18.2 Å². The quantitative estimate of drug-likeness (QED) is 0.342. The Balaban J connectivity index is 1.39. The number of amides is 1. The first-order valence-electron chi connectivity index (χ1n) is 9.74. The molecular formula is C24H16F4N2O2S. The standard InChI is InChI=1S/C24H16F4N2O2S/c25-16-4-1-14(2-5-16)11-29-23(31)22-13-33-24(30-22)18-7-6-17(10-20(18)27)32-12-15-3-8-19(26)21(28)9-15/h1-10,13H,11-12H2,(H,29,31). The van der Waals surface area contributed by atoms with Crippen LogP contribution in [-0.2, 0) is 13.2 Å². The number of ether oxygens (including phenoxy) is 1. The smallest absolute Gasteiger partial charge is 0.271 e. The summed E-state index contributed by atoms with van der Waals surface area (Å²) in [5.74, 6) is -3.15. The summed E-state index contributed by atoms with van der Waals surface area (Å²) in [4.78, 5) is 16.5. The lowest BCUT2D eigenvalue weighted by Crippen LogP contribution is -2.23. The van der Waals surface area contributed by atoms with Crippen molar-refractivity contribution in [2.45, 2.75) is 13.2 Å². The van der Waals surface area contributed by atoms with Gasteiger partial charge >= 0.3 is 0 Å². The van der Waals surface area contributed by atoms with E-state index in [0.717, 1.165) is 35.1 Å². The number of nitrogens with zero attached hydrogens (tertiary/aromatic N) is 1. The predicted octanol–water partition coefficient (Wildman–Crippen LogP) is 5.88. The van der Waals surface area contributed by atoms with E-state index in [1.54, 1.807) is 12.1 Å². The summed E-state index contributed by atoms with van der Waals surface area (Å²) in [6.07, 6.45) is 0. The van der Waals surface area contributed by atoms with Crippen molar-refractivity contribution in [3.05, 3.63) is 106 Å². The highest BCUT2D eigenvalue weighted by Gasteiger charge is 2.15. The summed E-state index contributed by atoms with van der Waals surface area (Å²) >= 11 is 1.11. The number of halogens is 4. The maximum atomic E-state index is 14.6. The van der Waals surface area contributed by atoms with E-state index >= 15 is 0 Å². The minimum absolute atomic E-state index is 0.0639. The molecule has 33 heavy (non-hydrogen) atoms. The Morgan fingerprint density at radius 1 is 0.879 bits per heavy atom. The van der Waals surface area contributed by atoms with Crippen molar-refractivity contribution in [2.75, 3.05) is 0 Å². The molecule has 0 fully saturated rings. The molecule has 0 saturated carbocycles. The van der Waals surface area contributed by atoms with E-state index in [1.807, 2.05) is 0 Å². The maximum Gasteiger partial charge on any atom is 0.271 e. The van der Waals surface area contributed by atoms with Crippen LogP contribution < -0.4 is 10.1 Å². The third kappa shape index (κ3) is 5.56. The molecule has 0 aliphatic heterocycles. The predicted molar refractivity (Wildman–Crippen MR) is 116 cm³/mol. The molecule has 0 aliphatic rings. The molecule has 0 bridgehead atoms. The van der Waals surface area contributed by atoms with Crippen LogP contribution in [0.3, 0.4) is 0 Å². The van der Waals surface area contributed by atoms with Crippen molar-refractivity contribution in [3.8, 4) is 16.3 Å². The molecule has 4 aromatic rings. The van der Waals surface area contributed by atoms with Gasteiger partial charge < -0.3 is 10.1 Å². The number of hydrogen-bond donors (Lipinski definition) is 1. The Morgan fingerprint density at radius 2 is 1.64 bits per heavy atom. The van der Waals surface area contributed by atoms with E-state index in [2.05, 4.69) is 10.3 Å². The number of nitrogens with one attached hydrogen (secondary N) is 1. The lowest BCUT2D eigenvalue weighted by atomic mass is 10.2. The van der Waals surface area contributed by atoms with Crippen LogP contribution in [0.1, 0.15) is 21.6 Å². The number of carbonyl (C=O) groups is 1. The molecule has 1 heterocycles. The molecule has 4 nitrogen and oxygen atoms in total. The Labute approximate surface area is 190 Å². The summed E-state index contributed by atoms with van der Waals surface area (Å²) in [5.41, 5.74) is 1.45. The van der Waals surface area contributed by atoms with E-state index in [9.17, 15) is 22.4 Å². The average molecular weight is 472 g/mol. The number of hydrogen-bond acceptors (Lipinski definition) is 4. The molecular weight excluding hydrogens is 456 g/mol. The van der Waals surface area contributed by atoms with Crippen molar-refractivity contribution >= 4 is 17.2 Å². The van der Waals surface area contributed by atoms with E-state index < -0.39 is 23.4 Å². The Morgan fingerprint density at radius 3 is 2.36 bits per heavy atom. The number of thiazole rings is 1. The van der Waals surface area contributed by atoms with Crippen LogP contribution in [0.15, 0.2) is 66.0 Å². The van der Waals surface area contributed by atoms with Crippen molar-refractivity contribution in [3.63, 3.8) is 0 Å². The number of benzene rings is 3. The molecule has 3 aromatic carbocycles. The van der Waals surface area contributed by atoms with Gasteiger partial charge in [-0.2, -0.15) is 0 Å². The molecule has 0 aliphatic carbocycles. The second kappa shape index (κ2) is 9.83. The van der Waals surface area contributed by atoms with E-state index in [-0.39, 0.29) is 36.0 Å². The molecule has 9 heteroatoms. The Kier molecular flexibility index (Phi) is 6.69. The number of carbonyl (C=O) groups excluding carboxylic acids is 1. The monoisotopic (exact) mass is 472 g/mol. The molecule has 0 atom stereocenters. The summed E-state index contributed by atoms with van der Waals surface area (Å²) in [7, 11) is 0. The molecule has 1 N–H and O–H groups in total. The average Bonchev–Trinajstić information content (AvgIpc) is 3.29. The number of aromatic nitrogens is 1. The van der Waals surface area contributed by atoms with Gasteiger partial charge in [-0.3, -0.25) is 4.79 Å². The topological polar surface area (TPSA) is 51.2 Å². The minimum Gasteiger partial charge on any atom is -0.489 e. The normalized spacial score (nSPS) is 10.8. The molecule has 0 unspecified atom stereocenters. The van der Waals surface area contributed by atoms with Crippen LogP contribution in [0.5, 0.6) is 5.75 Å². The summed E-state index contributed by atoms with van der Waals surface area (Å²) in [6, 6.07) is 13.3. The summed E-state index contributed by atoms with van der Waals surface area (Å²) < 4.78 is 59.3. The minimum atomic E-state index is -0.987. The van der Waals surface area contributed by atoms with Gasteiger partial charge in [0.15, 0.2) is 11.6 Å². The first-order chi connectivity index (χ1) is 15.9. The van der Waals surface area contributed by atoms with Gasteiger partial charge in [0.1, 0.15) is 34.7 Å². The molecule has 4 rings (SSSR count). The van der Waals surface area contributed by atoms with Crippen molar-refractivity contribution < 1.29 is 27.1 Å². The zero-order valence-corrected chi connectivity index (χ0v) is 17.8. The second-order valence-corrected chi connectivity index (χ2v) is 7.88. The first kappa shape index (κ1) is 22.5. The van der Waals surface area contributed by atoms with E-state index in [1.165, 1.54) is 35.7 Å². The van der Waals surface area contributed by atoms with Crippen LogP contribution in [-0.4, -0.2) is 10.9 Å². The maximum absolute atomic E-state index is 14.6. The van der Waals surface area contributed by atoms with Crippen LogP contribution >= 0.6 is 11.3 Å². The highest BCUT2D eigenvalue weighted by atomic mass is 32.1. The molecule has 1 aromatic heterocycles. The fourth-order valence-electron chi connectivity index (χ4n) is 2.93. The Bertz CT molecular complexity index is 1290. The lowest BCUT2D eigenvalue weighted by molar-refractivity contribution is 0.0946. The third-order valence-corrected chi connectivity index (χ3v) is 5.54. The van der Waals surface area contributed by atoms with Gasteiger partial charge in [-0.15, -0.1) is 11.3 Å². The molecule has 0 radical (unpaired) electrons. The van der Waals surface area contributed by atoms with E-state index in [0.29, 0.717) is 10.6 Å². The second-order valence-electron chi connectivity index (χ2n) is 7.03. The van der Waals surface area contributed by atoms with Crippen molar-refractivity contribution in [1.82, 2.24) is 10.3 Å². The first-order valence-corrected chi connectivity index (χ1v) is 10.6. The largest absolute Gasteiger partial charge is 0.489 e. The zero-order chi connectivity index (χ0) is 23.4. The van der Waals surface area contributed by atoms with E-state index in [4.69, 9.17) is 4.74 Å². The van der Waals surface area contributed by atoms with Gasteiger partial charge in [0, 0.05) is 23.6 Å². The van der Waals surface area contributed by atoms with Gasteiger partial charge in [0.25, 0.3) is 5.91 Å². The van der Waals surface area contributed by atoms with Crippen molar-refractivity contribution in [1.29, 1.82) is 0 Å². The summed E-state index contributed by atoms with van der Waals surface area (Å²) in [6.45, 7) is 0.135. The fraction of sp³-hybridized carbons (Fsp3) is 0.0833. The SMILES string of the molecule is O=C(NCc1ccc(F)cc1)c1csc(-c2ccc(OCc3ccc(F)c(F)c3)cc2F)n1. The highest BCUT2D eigenvalue weighted by Crippen LogP contribution is 2.29. The van der Waals surface area contributed by atoms with Gasteiger partial charge in [-0.05, 0) is 47.5 Å². The highest BCUT2D eigenvalue weighted by molar-refractivity contribution is 7.13. The molecule has 168 valence electrons. The summed E-state index contributed by atoms with van der Waals surface area (Å²) in [5, 5.41) is 4.51. The van der Waals surface area contributed by atoms with Crippen LogP contribution in [0, 0.1) is 23.3 Å². The number of rotatable bonds is 7. The van der Waals surface area contributed by atoms with Gasteiger partial charge in [0.05, 0.1) is 0 Å². The van der Waals surface area contributed by atoms with Crippen LogP contribution in [0.4, 0.5) is 17.6 Å². The molecule has 1 amide bonds. The van der Waals surface area contributed by atoms with Crippen LogP contribution in [0.25, 0.3) is 10.6 Å². The third-order valence-electron chi connectivity index (χ3n) is 4.66. The van der Waals surface area contributed by atoms with Crippen molar-refractivity contribution in [2.24, 2.45) is 0 Å². The van der Waals surface area contributed by atoms with Gasteiger partial charge in [-0.25, -0.2) is 22.5 Å². The van der Waals surface area contributed by atoms with Gasteiger partial charge in [0.2, 0.25) is 0 Å². The Hall–Kier alpha value is -3.72. The zero-order valence-electron chi connectivity index (χ0n) is 16.9. The fourth-order valence-corrected chi connectivity index (χ4v) is 3.76. The van der Waals surface area contributed by atoms with Crippen LogP contribution in [0.2, 0.25) is 0 Å². The molecule has 0 saturated heterocycles. The lowest BCUT2D eigenvalue weighted by Gasteiger charge is -2.08.